The third-order valence-corrected chi connectivity index (χ3v) is 4.27. The number of carbonyl (C=O) groups excluding carboxylic acids is 1. The summed E-state index contributed by atoms with van der Waals surface area (Å²) in [4.78, 5) is 18.2. The Bertz CT molecular complexity index is 787. The van der Waals surface area contributed by atoms with Gasteiger partial charge in [-0.1, -0.05) is 30.3 Å². The van der Waals surface area contributed by atoms with Crippen LogP contribution in [0.2, 0.25) is 0 Å². The number of fused-ring (bicyclic) bond motifs is 1. The number of allylic oxidation sites excluding steroid dienone is 2. The molecule has 3 nitrogen and oxygen atoms in total. The predicted octanol–water partition coefficient (Wildman–Crippen LogP) is 4.29. The highest BCUT2D eigenvalue weighted by Gasteiger charge is 2.13. The second-order valence-electron chi connectivity index (χ2n) is 6.15. The second kappa shape index (κ2) is 6.78. The number of amides is 1. The molecule has 2 aromatic rings. The molecule has 1 aromatic carbocycles. The van der Waals surface area contributed by atoms with Crippen LogP contribution < -0.4 is 0 Å². The quantitative estimate of drug-likeness (QED) is 0.792. The third-order valence-electron chi connectivity index (χ3n) is 4.27. The van der Waals surface area contributed by atoms with Gasteiger partial charge in [0.1, 0.15) is 0 Å². The van der Waals surface area contributed by atoms with Crippen LogP contribution in [0, 0.1) is 0 Å². The number of benzene rings is 1. The largest absolute Gasteiger partial charge is 0.345 e. The smallest absolute Gasteiger partial charge is 0.246 e. The molecule has 0 radical (unpaired) electrons. The summed E-state index contributed by atoms with van der Waals surface area (Å²) in [6, 6.07) is 8.21. The summed E-state index contributed by atoms with van der Waals surface area (Å²) in [6.07, 6.45) is 12.4. The second-order valence-corrected chi connectivity index (χ2v) is 6.15. The van der Waals surface area contributed by atoms with E-state index in [4.69, 9.17) is 4.98 Å². The summed E-state index contributed by atoms with van der Waals surface area (Å²) in [5.74, 6) is -0.0125. The van der Waals surface area contributed by atoms with Gasteiger partial charge in [0.05, 0.1) is 5.69 Å². The fourth-order valence-electron chi connectivity index (χ4n) is 2.97. The molecule has 118 valence electrons. The van der Waals surface area contributed by atoms with E-state index in [-0.39, 0.29) is 5.91 Å². The molecule has 23 heavy (non-hydrogen) atoms. The van der Waals surface area contributed by atoms with Gasteiger partial charge >= 0.3 is 0 Å². The molecular formula is C20H22N2O. The first-order valence-electron chi connectivity index (χ1n) is 8.13. The van der Waals surface area contributed by atoms with Crippen LogP contribution in [0.4, 0.5) is 0 Å². The molecule has 0 fully saturated rings. The lowest BCUT2D eigenvalue weighted by atomic mass is 9.92. The Hall–Kier alpha value is -2.42. The Kier molecular flexibility index (Phi) is 4.56. The number of aromatic nitrogens is 1. The monoisotopic (exact) mass is 306 g/mol. The molecule has 0 aliphatic heterocycles. The minimum Gasteiger partial charge on any atom is -0.345 e. The predicted molar refractivity (Wildman–Crippen MR) is 95.9 cm³/mol. The number of hydrogen-bond donors (Lipinski definition) is 0. The van der Waals surface area contributed by atoms with E-state index in [0.717, 1.165) is 34.9 Å². The zero-order valence-corrected chi connectivity index (χ0v) is 13.7. The lowest BCUT2D eigenvalue weighted by Gasteiger charge is -2.16. The lowest BCUT2D eigenvalue weighted by molar-refractivity contribution is -0.123. The minimum atomic E-state index is -0.0125. The van der Waals surface area contributed by atoms with Crippen LogP contribution in [0.25, 0.3) is 22.4 Å². The summed E-state index contributed by atoms with van der Waals surface area (Å²) in [6.45, 7) is 0. The first-order chi connectivity index (χ1) is 11.2. The molecule has 3 rings (SSSR count). The Balaban J connectivity index is 2.14. The number of hydrogen-bond acceptors (Lipinski definition) is 2. The zero-order valence-electron chi connectivity index (χ0n) is 13.7. The topological polar surface area (TPSA) is 33.2 Å². The van der Waals surface area contributed by atoms with E-state index >= 15 is 0 Å². The summed E-state index contributed by atoms with van der Waals surface area (Å²) >= 11 is 0. The third kappa shape index (κ3) is 3.34. The van der Waals surface area contributed by atoms with E-state index in [1.165, 1.54) is 18.4 Å². The van der Waals surface area contributed by atoms with E-state index in [9.17, 15) is 4.79 Å². The summed E-state index contributed by atoms with van der Waals surface area (Å²) in [7, 11) is 3.52. The van der Waals surface area contributed by atoms with Crippen LogP contribution in [0.5, 0.6) is 0 Å². The van der Waals surface area contributed by atoms with Gasteiger partial charge in [0.15, 0.2) is 0 Å². The SMILES string of the molecule is CN(C)C(=O)/C=C/c1c(C2=CCCCC2)ncc2ccccc12. The Morgan fingerprint density at radius 3 is 2.78 bits per heavy atom. The van der Waals surface area contributed by atoms with Crippen molar-refractivity contribution < 1.29 is 4.79 Å². The van der Waals surface area contributed by atoms with E-state index in [1.807, 2.05) is 24.4 Å². The molecule has 0 atom stereocenters. The van der Waals surface area contributed by atoms with Gasteiger partial charge in [-0.3, -0.25) is 9.78 Å². The Morgan fingerprint density at radius 2 is 2.04 bits per heavy atom. The number of nitrogens with zero attached hydrogens (tertiary/aromatic N) is 2. The molecule has 0 unspecified atom stereocenters. The Morgan fingerprint density at radius 1 is 1.22 bits per heavy atom. The van der Waals surface area contributed by atoms with Gasteiger partial charge in [0.2, 0.25) is 5.91 Å². The van der Waals surface area contributed by atoms with Crippen LogP contribution in [0.3, 0.4) is 0 Å². The highest BCUT2D eigenvalue weighted by atomic mass is 16.2. The average Bonchev–Trinajstić information content (AvgIpc) is 2.59. The molecule has 0 bridgehead atoms. The van der Waals surface area contributed by atoms with Gasteiger partial charge in [-0.2, -0.15) is 0 Å². The van der Waals surface area contributed by atoms with Crippen molar-refractivity contribution in [2.24, 2.45) is 0 Å². The van der Waals surface area contributed by atoms with Crippen molar-refractivity contribution in [3.05, 3.63) is 53.9 Å². The molecule has 0 N–H and O–H groups in total. The molecule has 1 aliphatic carbocycles. The first-order valence-corrected chi connectivity index (χ1v) is 8.13. The maximum atomic E-state index is 11.9. The van der Waals surface area contributed by atoms with Gasteiger partial charge < -0.3 is 4.90 Å². The van der Waals surface area contributed by atoms with E-state index < -0.39 is 0 Å². The maximum absolute atomic E-state index is 11.9. The van der Waals surface area contributed by atoms with Crippen molar-refractivity contribution in [2.75, 3.05) is 14.1 Å². The van der Waals surface area contributed by atoms with Crippen molar-refractivity contribution in [2.45, 2.75) is 25.7 Å². The number of rotatable bonds is 3. The Labute approximate surface area is 137 Å². The van der Waals surface area contributed by atoms with E-state index in [0.29, 0.717) is 0 Å². The lowest BCUT2D eigenvalue weighted by Crippen LogP contribution is -2.18. The van der Waals surface area contributed by atoms with Crippen LogP contribution in [-0.4, -0.2) is 29.9 Å². The molecule has 0 saturated heterocycles. The van der Waals surface area contributed by atoms with Gasteiger partial charge in [-0.25, -0.2) is 0 Å². The van der Waals surface area contributed by atoms with Crippen molar-refractivity contribution in [1.29, 1.82) is 0 Å². The number of pyridine rings is 1. The molecule has 3 heteroatoms. The molecule has 1 amide bonds. The van der Waals surface area contributed by atoms with Crippen molar-refractivity contribution in [3.8, 4) is 0 Å². The molecule has 1 aromatic heterocycles. The van der Waals surface area contributed by atoms with Crippen molar-refractivity contribution in [1.82, 2.24) is 9.88 Å². The molecular weight excluding hydrogens is 284 g/mol. The molecule has 0 spiro atoms. The van der Waals surface area contributed by atoms with Gasteiger partial charge in [0, 0.05) is 37.3 Å². The highest BCUT2D eigenvalue weighted by molar-refractivity contribution is 5.98. The van der Waals surface area contributed by atoms with Gasteiger partial charge in [-0.05, 0) is 42.7 Å². The summed E-state index contributed by atoms with van der Waals surface area (Å²) < 4.78 is 0. The minimum absolute atomic E-state index is 0.0125. The molecule has 1 heterocycles. The van der Waals surface area contributed by atoms with Gasteiger partial charge in [-0.15, -0.1) is 0 Å². The van der Waals surface area contributed by atoms with E-state index in [2.05, 4.69) is 18.2 Å². The summed E-state index contributed by atoms with van der Waals surface area (Å²) in [5.41, 5.74) is 3.37. The van der Waals surface area contributed by atoms with Crippen LogP contribution >= 0.6 is 0 Å². The van der Waals surface area contributed by atoms with Crippen LogP contribution in [0.15, 0.2) is 42.6 Å². The van der Waals surface area contributed by atoms with Crippen LogP contribution in [-0.2, 0) is 4.79 Å². The fraction of sp³-hybridized carbons (Fsp3) is 0.300. The standard InChI is InChI=1S/C20H22N2O/c1-22(2)19(23)13-12-18-17-11-7-6-10-16(17)14-21-20(18)15-8-4-3-5-9-15/h6-8,10-14H,3-5,9H2,1-2H3/b13-12+. The van der Waals surface area contributed by atoms with Crippen LogP contribution in [0.1, 0.15) is 36.9 Å². The van der Waals surface area contributed by atoms with E-state index in [1.54, 1.807) is 25.1 Å². The number of likely N-dealkylation sites (N-methyl/N-ethyl adjacent to an activating group) is 1. The zero-order chi connectivity index (χ0) is 16.2. The fourth-order valence-corrected chi connectivity index (χ4v) is 2.97. The van der Waals surface area contributed by atoms with Gasteiger partial charge in [0.25, 0.3) is 0 Å². The van der Waals surface area contributed by atoms with Crippen molar-refractivity contribution in [3.63, 3.8) is 0 Å². The summed E-state index contributed by atoms with van der Waals surface area (Å²) in [5, 5.41) is 2.25. The van der Waals surface area contributed by atoms with Crippen molar-refractivity contribution >= 4 is 28.3 Å². The maximum Gasteiger partial charge on any atom is 0.246 e. The average molecular weight is 306 g/mol. The number of carbonyl (C=O) groups is 1. The normalized spacial score (nSPS) is 15.0. The highest BCUT2D eigenvalue weighted by Crippen LogP contribution is 2.32. The first kappa shape index (κ1) is 15.5. The molecule has 1 aliphatic rings. The molecule has 0 saturated carbocycles.